The highest BCUT2D eigenvalue weighted by Gasteiger charge is 2.18. The minimum Gasteiger partial charge on any atom is -0.342 e. The Morgan fingerprint density at radius 3 is 2.27 bits per heavy atom. The Hall–Kier alpha value is -2.55. The van der Waals surface area contributed by atoms with E-state index in [1.54, 1.807) is 11.9 Å². The van der Waals surface area contributed by atoms with Crippen LogP contribution in [0.15, 0.2) is 18.2 Å². The minimum atomic E-state index is -1.07. The van der Waals surface area contributed by atoms with Gasteiger partial charge in [-0.15, -0.1) is 0 Å². The van der Waals surface area contributed by atoms with Crippen molar-refractivity contribution in [3.05, 3.63) is 29.8 Å². The van der Waals surface area contributed by atoms with E-state index in [4.69, 9.17) is 0 Å². The van der Waals surface area contributed by atoms with Gasteiger partial charge < -0.3 is 20.4 Å². The monoisotopic (exact) mass is 371 g/mol. The third-order valence-corrected chi connectivity index (χ3v) is 3.68. The maximum atomic E-state index is 13.1. The number of anilines is 1. The van der Waals surface area contributed by atoms with E-state index in [0.29, 0.717) is 18.0 Å². The van der Waals surface area contributed by atoms with E-state index in [9.17, 15) is 23.2 Å². The van der Waals surface area contributed by atoms with Crippen LogP contribution in [0.1, 0.15) is 13.8 Å². The van der Waals surface area contributed by atoms with Gasteiger partial charge in [-0.25, -0.2) is 8.78 Å². The molecule has 0 radical (unpaired) electrons. The van der Waals surface area contributed by atoms with Crippen molar-refractivity contribution < 1.29 is 28.1 Å². The smallest absolute Gasteiger partial charge is 0.277 e. The number of rotatable bonds is 9. The van der Waals surface area contributed by atoms with Gasteiger partial charge in [-0.3, -0.25) is 14.4 Å². The van der Waals surface area contributed by atoms with Crippen molar-refractivity contribution in [3.63, 3.8) is 0 Å². The van der Waals surface area contributed by atoms with Gasteiger partial charge in [0.1, 0.15) is 0 Å². The van der Waals surface area contributed by atoms with Gasteiger partial charge in [-0.05, 0) is 26.0 Å². The van der Waals surface area contributed by atoms with Crippen LogP contribution in [0.4, 0.5) is 14.5 Å². The summed E-state index contributed by atoms with van der Waals surface area (Å²) >= 11 is 0. The molecule has 0 bridgehead atoms. The van der Waals surface area contributed by atoms with Gasteiger partial charge >= 0.3 is 0 Å². The Labute approximate surface area is 151 Å². The third kappa shape index (κ3) is 7.14. The van der Waals surface area contributed by atoms with Gasteiger partial charge in [0.25, 0.3) is 11.8 Å². The molecule has 0 aliphatic heterocycles. The number of quaternary nitrogens is 1. The molecule has 0 heterocycles. The van der Waals surface area contributed by atoms with E-state index in [-0.39, 0.29) is 31.2 Å². The molecule has 3 N–H and O–H groups in total. The molecule has 0 aliphatic carbocycles. The fourth-order valence-corrected chi connectivity index (χ4v) is 2.30. The summed E-state index contributed by atoms with van der Waals surface area (Å²) in [4.78, 5) is 37.9. The molecule has 1 rings (SSSR count). The molecule has 9 heteroatoms. The van der Waals surface area contributed by atoms with Crippen molar-refractivity contribution in [3.8, 4) is 0 Å². The van der Waals surface area contributed by atoms with Gasteiger partial charge in [0.15, 0.2) is 24.7 Å². The summed E-state index contributed by atoms with van der Waals surface area (Å²) < 4.78 is 25.9. The molecule has 26 heavy (non-hydrogen) atoms. The van der Waals surface area contributed by atoms with Crippen molar-refractivity contribution >= 4 is 23.4 Å². The van der Waals surface area contributed by atoms with Gasteiger partial charge in [0.2, 0.25) is 5.91 Å². The Bertz CT molecular complexity index is 651. The molecule has 0 saturated heterocycles. The third-order valence-electron chi connectivity index (χ3n) is 3.68. The zero-order chi connectivity index (χ0) is 19.7. The quantitative estimate of drug-likeness (QED) is 0.542. The lowest BCUT2D eigenvalue weighted by Gasteiger charge is -2.20. The average Bonchev–Trinajstić information content (AvgIpc) is 2.57. The molecule has 0 aromatic heterocycles. The fraction of sp³-hybridized carbons (Fsp3) is 0.471. The second-order valence-electron chi connectivity index (χ2n) is 5.83. The minimum absolute atomic E-state index is 0.0332. The summed E-state index contributed by atoms with van der Waals surface area (Å²) in [6.45, 7) is 4.89. The molecular formula is C17H25F2N4O3+. The molecule has 0 saturated carbocycles. The van der Waals surface area contributed by atoms with E-state index in [2.05, 4.69) is 10.6 Å². The summed E-state index contributed by atoms with van der Waals surface area (Å²) in [5, 5.41) is 4.78. The Morgan fingerprint density at radius 2 is 1.69 bits per heavy atom. The largest absolute Gasteiger partial charge is 0.342 e. The van der Waals surface area contributed by atoms with Crippen molar-refractivity contribution in [1.82, 2.24) is 10.2 Å². The summed E-state index contributed by atoms with van der Waals surface area (Å²) in [6.07, 6.45) is 0. The number of benzene rings is 1. The van der Waals surface area contributed by atoms with Crippen molar-refractivity contribution in [2.24, 2.45) is 0 Å². The second-order valence-corrected chi connectivity index (χ2v) is 5.83. The highest BCUT2D eigenvalue weighted by Crippen LogP contribution is 2.12. The van der Waals surface area contributed by atoms with Crippen LogP contribution in [0.5, 0.6) is 0 Å². The fourth-order valence-electron chi connectivity index (χ4n) is 2.30. The lowest BCUT2D eigenvalue weighted by molar-refractivity contribution is -0.863. The standard InChI is InChI=1S/C17H24F2N4O3/c1-4-23(5-2)17(26)11-22(3)10-16(25)20-9-15(24)21-12-6-7-13(18)14(19)8-12/h6-8H,4-5,9-11H2,1-3H3,(H,20,25)(H,21,24)/p+1. The first-order valence-corrected chi connectivity index (χ1v) is 8.37. The molecular weight excluding hydrogens is 346 g/mol. The van der Waals surface area contributed by atoms with E-state index in [1.165, 1.54) is 6.07 Å². The normalized spacial score (nSPS) is 11.6. The van der Waals surface area contributed by atoms with Crippen molar-refractivity contribution in [1.29, 1.82) is 0 Å². The first-order chi connectivity index (χ1) is 12.3. The van der Waals surface area contributed by atoms with Gasteiger partial charge in [0, 0.05) is 24.8 Å². The molecule has 1 aromatic rings. The number of halogens is 2. The average molecular weight is 371 g/mol. The Kier molecular flexibility index (Phi) is 8.63. The SMILES string of the molecule is CCN(CC)C(=O)C[NH+](C)CC(=O)NCC(=O)Nc1ccc(F)c(F)c1. The van der Waals surface area contributed by atoms with E-state index in [1.807, 2.05) is 13.8 Å². The van der Waals surface area contributed by atoms with Gasteiger partial charge in [-0.2, -0.15) is 0 Å². The number of carbonyl (C=O) groups is 3. The number of amides is 3. The van der Waals surface area contributed by atoms with Crippen molar-refractivity contribution in [2.75, 3.05) is 45.1 Å². The lowest BCUT2D eigenvalue weighted by Crippen LogP contribution is -3.11. The maximum Gasteiger partial charge on any atom is 0.277 e. The molecule has 144 valence electrons. The topological polar surface area (TPSA) is 83.0 Å². The summed E-state index contributed by atoms with van der Waals surface area (Å²) in [5.41, 5.74) is 0.0933. The zero-order valence-electron chi connectivity index (χ0n) is 15.2. The van der Waals surface area contributed by atoms with Gasteiger partial charge in [0.05, 0.1) is 13.6 Å². The Morgan fingerprint density at radius 1 is 1.04 bits per heavy atom. The van der Waals surface area contributed by atoms with Crippen LogP contribution in [0, 0.1) is 11.6 Å². The molecule has 7 nitrogen and oxygen atoms in total. The van der Waals surface area contributed by atoms with E-state index >= 15 is 0 Å². The summed E-state index contributed by atoms with van der Waals surface area (Å²) in [7, 11) is 1.71. The number of likely N-dealkylation sites (N-methyl/N-ethyl adjacent to an activating group) is 2. The first kappa shape index (κ1) is 21.5. The van der Waals surface area contributed by atoms with Crippen LogP contribution in [0.2, 0.25) is 0 Å². The van der Waals surface area contributed by atoms with Gasteiger partial charge in [-0.1, -0.05) is 0 Å². The summed E-state index contributed by atoms with van der Waals surface area (Å²) in [5.74, 6) is -3.09. The maximum absolute atomic E-state index is 13.1. The predicted molar refractivity (Wildman–Crippen MR) is 92.5 cm³/mol. The van der Waals surface area contributed by atoms with Crippen LogP contribution >= 0.6 is 0 Å². The molecule has 1 atom stereocenters. The molecule has 3 amide bonds. The van der Waals surface area contributed by atoms with Crippen LogP contribution in [-0.2, 0) is 14.4 Å². The molecule has 0 fully saturated rings. The number of nitrogens with one attached hydrogen (secondary N) is 3. The van der Waals surface area contributed by atoms with Crippen molar-refractivity contribution in [2.45, 2.75) is 13.8 Å². The number of nitrogens with zero attached hydrogens (tertiary/aromatic N) is 1. The lowest BCUT2D eigenvalue weighted by atomic mass is 10.3. The number of hydrogen-bond donors (Lipinski definition) is 3. The predicted octanol–water partition coefficient (Wildman–Crippen LogP) is -0.597. The first-order valence-electron chi connectivity index (χ1n) is 8.37. The summed E-state index contributed by atoms with van der Waals surface area (Å²) in [6, 6.07) is 2.97. The van der Waals surface area contributed by atoms with Crippen LogP contribution < -0.4 is 15.5 Å². The van der Waals surface area contributed by atoms with E-state index < -0.39 is 23.4 Å². The van der Waals surface area contributed by atoms with E-state index in [0.717, 1.165) is 12.1 Å². The number of carbonyl (C=O) groups excluding carboxylic acids is 3. The second kappa shape index (κ2) is 10.4. The molecule has 1 aromatic carbocycles. The Balaban J connectivity index is 2.37. The van der Waals surface area contributed by atoms with Crippen LogP contribution in [-0.4, -0.2) is 62.4 Å². The highest BCUT2D eigenvalue weighted by atomic mass is 19.2. The zero-order valence-corrected chi connectivity index (χ0v) is 15.2. The molecule has 0 aliphatic rings. The van der Waals surface area contributed by atoms with Crippen LogP contribution in [0.3, 0.4) is 0 Å². The number of hydrogen-bond acceptors (Lipinski definition) is 3. The molecule has 1 unspecified atom stereocenters. The highest BCUT2D eigenvalue weighted by molar-refractivity contribution is 5.94. The van der Waals surface area contributed by atoms with Crippen LogP contribution in [0.25, 0.3) is 0 Å². The molecule has 0 spiro atoms.